The molecule has 1 unspecified atom stereocenters. The van der Waals surface area contributed by atoms with Crippen molar-refractivity contribution in [3.05, 3.63) is 17.0 Å². The van der Waals surface area contributed by atoms with Gasteiger partial charge in [-0.3, -0.25) is 4.79 Å². The van der Waals surface area contributed by atoms with E-state index >= 15 is 0 Å². The summed E-state index contributed by atoms with van der Waals surface area (Å²) in [4.78, 5) is 22.6. The van der Waals surface area contributed by atoms with Crippen molar-refractivity contribution in [2.75, 3.05) is 5.32 Å². The van der Waals surface area contributed by atoms with Crippen molar-refractivity contribution in [2.24, 2.45) is 11.3 Å². The van der Waals surface area contributed by atoms with E-state index in [1.54, 1.807) is 6.07 Å². The molecule has 1 aromatic heterocycles. The lowest BCUT2D eigenvalue weighted by Gasteiger charge is -2.03. The maximum absolute atomic E-state index is 11.7. The lowest BCUT2D eigenvalue weighted by Crippen LogP contribution is -2.15. The zero-order valence-electron chi connectivity index (χ0n) is 9.11. The van der Waals surface area contributed by atoms with Crippen LogP contribution in [0.1, 0.15) is 29.9 Å². The highest BCUT2D eigenvalue weighted by Crippen LogP contribution is 2.52. The van der Waals surface area contributed by atoms with Crippen LogP contribution in [0.15, 0.2) is 12.1 Å². The Morgan fingerprint density at radius 3 is 2.56 bits per heavy atom. The Labute approximate surface area is 97.3 Å². The molecule has 4 nitrogen and oxygen atoms in total. The van der Waals surface area contributed by atoms with E-state index in [4.69, 9.17) is 5.11 Å². The van der Waals surface area contributed by atoms with Gasteiger partial charge in [0.1, 0.15) is 4.88 Å². The average Bonchev–Trinajstić information content (AvgIpc) is 2.62. The Kier molecular flexibility index (Phi) is 2.50. The standard InChI is InChI=1S/C11H13NO3S/c1-11(2)5-6(11)9(13)12-8-4-3-7(16-8)10(14)15/h3-4,6H,5H2,1-2H3,(H,12,13)(H,14,15). The highest BCUT2D eigenvalue weighted by Gasteiger charge is 2.50. The van der Waals surface area contributed by atoms with E-state index in [2.05, 4.69) is 5.32 Å². The Balaban J connectivity index is 1.99. The topological polar surface area (TPSA) is 66.4 Å². The van der Waals surface area contributed by atoms with Crippen LogP contribution in [0.4, 0.5) is 5.00 Å². The summed E-state index contributed by atoms with van der Waals surface area (Å²) in [5, 5.41) is 12.1. The first-order chi connectivity index (χ1) is 7.40. The van der Waals surface area contributed by atoms with Crippen LogP contribution in [0.5, 0.6) is 0 Å². The van der Waals surface area contributed by atoms with E-state index in [1.807, 2.05) is 13.8 Å². The molecule has 1 aliphatic carbocycles. The molecule has 1 amide bonds. The summed E-state index contributed by atoms with van der Waals surface area (Å²) in [6.07, 6.45) is 0.899. The van der Waals surface area contributed by atoms with E-state index < -0.39 is 5.97 Å². The minimum Gasteiger partial charge on any atom is -0.477 e. The molecule has 0 bridgehead atoms. The number of amides is 1. The van der Waals surface area contributed by atoms with Gasteiger partial charge in [-0.2, -0.15) is 0 Å². The summed E-state index contributed by atoms with van der Waals surface area (Å²) in [5.74, 6) is -0.913. The summed E-state index contributed by atoms with van der Waals surface area (Å²) in [6, 6.07) is 3.13. The molecule has 16 heavy (non-hydrogen) atoms. The summed E-state index contributed by atoms with van der Waals surface area (Å²) >= 11 is 1.08. The highest BCUT2D eigenvalue weighted by molar-refractivity contribution is 7.18. The molecule has 1 aromatic rings. The van der Waals surface area contributed by atoms with Gasteiger partial charge in [-0.1, -0.05) is 13.8 Å². The van der Waals surface area contributed by atoms with Gasteiger partial charge in [0, 0.05) is 5.92 Å². The van der Waals surface area contributed by atoms with Gasteiger partial charge in [-0.15, -0.1) is 11.3 Å². The molecule has 5 heteroatoms. The van der Waals surface area contributed by atoms with Gasteiger partial charge in [0.15, 0.2) is 0 Å². The fourth-order valence-corrected chi connectivity index (χ4v) is 2.39. The number of hydrogen-bond donors (Lipinski definition) is 2. The number of carboxylic acid groups (broad SMARTS) is 1. The second-order valence-electron chi connectivity index (χ2n) is 4.70. The fourth-order valence-electron chi connectivity index (χ4n) is 1.64. The molecule has 1 atom stereocenters. The van der Waals surface area contributed by atoms with Crippen LogP contribution in [0.25, 0.3) is 0 Å². The third-order valence-corrected chi connectivity index (χ3v) is 3.88. The Bertz CT molecular complexity index is 450. The number of nitrogens with one attached hydrogen (secondary N) is 1. The molecule has 0 radical (unpaired) electrons. The Hall–Kier alpha value is -1.36. The number of hydrogen-bond acceptors (Lipinski definition) is 3. The van der Waals surface area contributed by atoms with Crippen LogP contribution in [0.3, 0.4) is 0 Å². The normalized spacial score (nSPS) is 21.5. The summed E-state index contributed by atoms with van der Waals surface area (Å²) in [6.45, 7) is 4.10. The van der Waals surface area contributed by atoms with Gasteiger partial charge >= 0.3 is 5.97 Å². The maximum Gasteiger partial charge on any atom is 0.345 e. The minimum atomic E-state index is -0.961. The van der Waals surface area contributed by atoms with Crippen molar-refractivity contribution in [1.82, 2.24) is 0 Å². The predicted octanol–water partition coefficient (Wildman–Crippen LogP) is 2.43. The van der Waals surface area contributed by atoms with E-state index in [0.29, 0.717) is 5.00 Å². The molecule has 1 fully saturated rings. The molecule has 0 spiro atoms. The first-order valence-corrected chi connectivity index (χ1v) is 5.86. The highest BCUT2D eigenvalue weighted by atomic mass is 32.1. The van der Waals surface area contributed by atoms with Gasteiger partial charge in [-0.05, 0) is 24.0 Å². The van der Waals surface area contributed by atoms with Crippen LogP contribution >= 0.6 is 11.3 Å². The lowest BCUT2D eigenvalue weighted by molar-refractivity contribution is -0.117. The SMILES string of the molecule is CC1(C)CC1C(=O)Nc1ccc(C(=O)O)s1. The Morgan fingerprint density at radius 1 is 1.50 bits per heavy atom. The lowest BCUT2D eigenvalue weighted by atomic mass is 10.1. The van der Waals surface area contributed by atoms with Crippen molar-refractivity contribution >= 4 is 28.2 Å². The third-order valence-electron chi connectivity index (χ3n) is 2.89. The molecule has 0 aliphatic heterocycles. The van der Waals surface area contributed by atoms with Crippen molar-refractivity contribution in [1.29, 1.82) is 0 Å². The van der Waals surface area contributed by atoms with E-state index in [-0.39, 0.29) is 22.1 Å². The third kappa shape index (κ3) is 2.09. The quantitative estimate of drug-likeness (QED) is 0.851. The summed E-state index contributed by atoms with van der Waals surface area (Å²) in [7, 11) is 0. The molecule has 2 rings (SSSR count). The molecule has 2 N–H and O–H groups in total. The van der Waals surface area contributed by atoms with E-state index in [0.717, 1.165) is 17.8 Å². The summed E-state index contributed by atoms with van der Waals surface area (Å²) < 4.78 is 0. The smallest absolute Gasteiger partial charge is 0.345 e. The zero-order valence-corrected chi connectivity index (χ0v) is 9.93. The minimum absolute atomic E-state index is 0.0104. The predicted molar refractivity (Wildman–Crippen MR) is 61.8 cm³/mol. The molecule has 0 aromatic carbocycles. The molecule has 1 saturated carbocycles. The zero-order chi connectivity index (χ0) is 11.9. The maximum atomic E-state index is 11.7. The number of thiophene rings is 1. The van der Waals surface area contributed by atoms with E-state index in [1.165, 1.54) is 6.07 Å². The van der Waals surface area contributed by atoms with Crippen molar-refractivity contribution < 1.29 is 14.7 Å². The number of aromatic carboxylic acids is 1. The van der Waals surface area contributed by atoms with Gasteiger partial charge < -0.3 is 10.4 Å². The van der Waals surface area contributed by atoms with Crippen LogP contribution in [-0.2, 0) is 4.79 Å². The van der Waals surface area contributed by atoms with Crippen LogP contribution < -0.4 is 5.32 Å². The number of carbonyl (C=O) groups excluding carboxylic acids is 1. The van der Waals surface area contributed by atoms with Crippen molar-refractivity contribution in [3.63, 3.8) is 0 Å². The molecular weight excluding hydrogens is 226 g/mol. The van der Waals surface area contributed by atoms with Crippen LogP contribution in [-0.4, -0.2) is 17.0 Å². The van der Waals surface area contributed by atoms with Crippen LogP contribution in [0, 0.1) is 11.3 Å². The van der Waals surface area contributed by atoms with Crippen molar-refractivity contribution in [2.45, 2.75) is 20.3 Å². The van der Waals surface area contributed by atoms with Crippen LogP contribution in [0.2, 0.25) is 0 Å². The first kappa shape index (κ1) is 11.1. The number of carboxylic acids is 1. The van der Waals surface area contributed by atoms with Gasteiger partial charge in [0.05, 0.1) is 5.00 Å². The summed E-state index contributed by atoms with van der Waals surface area (Å²) in [5.41, 5.74) is 0.0942. The molecule has 1 heterocycles. The second-order valence-corrected chi connectivity index (χ2v) is 5.79. The molecule has 1 aliphatic rings. The van der Waals surface area contributed by atoms with Gasteiger partial charge in [0.25, 0.3) is 0 Å². The van der Waals surface area contributed by atoms with Gasteiger partial charge in [-0.25, -0.2) is 4.79 Å². The first-order valence-electron chi connectivity index (χ1n) is 5.04. The van der Waals surface area contributed by atoms with Gasteiger partial charge in [0.2, 0.25) is 5.91 Å². The average molecular weight is 239 g/mol. The monoisotopic (exact) mass is 239 g/mol. The molecular formula is C11H13NO3S. The molecule has 0 saturated heterocycles. The number of rotatable bonds is 3. The number of carbonyl (C=O) groups is 2. The molecule has 86 valence electrons. The van der Waals surface area contributed by atoms with E-state index in [9.17, 15) is 9.59 Å². The fraction of sp³-hybridized carbons (Fsp3) is 0.455. The van der Waals surface area contributed by atoms with Crippen molar-refractivity contribution in [3.8, 4) is 0 Å². The second kappa shape index (κ2) is 3.59. The number of anilines is 1. The largest absolute Gasteiger partial charge is 0.477 e. The Morgan fingerprint density at radius 2 is 2.12 bits per heavy atom.